The highest BCUT2D eigenvalue weighted by Gasteiger charge is 2.18. The van der Waals surface area contributed by atoms with Gasteiger partial charge in [-0.25, -0.2) is 0 Å². The van der Waals surface area contributed by atoms with Gasteiger partial charge in [0.25, 0.3) is 0 Å². The van der Waals surface area contributed by atoms with E-state index in [9.17, 15) is 9.59 Å². The van der Waals surface area contributed by atoms with Crippen LogP contribution in [0.4, 0.5) is 0 Å². The van der Waals surface area contributed by atoms with Crippen LogP contribution in [0.2, 0.25) is 0 Å². The maximum atomic E-state index is 12.0. The number of hydrogen-bond acceptors (Lipinski definition) is 4. The van der Waals surface area contributed by atoms with Crippen LogP contribution in [0.1, 0.15) is 19.4 Å². The van der Waals surface area contributed by atoms with Gasteiger partial charge in [-0.2, -0.15) is 5.10 Å². The van der Waals surface area contributed by atoms with Gasteiger partial charge in [0.1, 0.15) is 6.54 Å². The molecule has 104 valence electrons. The zero-order valence-electron chi connectivity index (χ0n) is 11.7. The van der Waals surface area contributed by atoms with Gasteiger partial charge in [0.2, 0.25) is 5.91 Å². The number of ether oxygens (including phenoxy) is 1. The van der Waals surface area contributed by atoms with Crippen LogP contribution in [0.25, 0.3) is 6.08 Å². The van der Waals surface area contributed by atoms with Crippen LogP contribution in [0, 0.1) is 0 Å². The Hall–Kier alpha value is -2.11. The lowest BCUT2D eigenvalue weighted by Crippen LogP contribution is -2.40. The Morgan fingerprint density at radius 3 is 2.68 bits per heavy atom. The average Bonchev–Trinajstić information content (AvgIpc) is 2.78. The molecule has 0 N–H and O–H groups in total. The highest BCUT2D eigenvalue weighted by molar-refractivity contribution is 5.93. The predicted molar refractivity (Wildman–Crippen MR) is 71.1 cm³/mol. The van der Waals surface area contributed by atoms with E-state index in [2.05, 4.69) is 9.84 Å². The van der Waals surface area contributed by atoms with Crippen molar-refractivity contribution < 1.29 is 14.3 Å². The van der Waals surface area contributed by atoms with E-state index in [4.69, 9.17) is 0 Å². The van der Waals surface area contributed by atoms with Crippen LogP contribution in [0.3, 0.4) is 0 Å². The van der Waals surface area contributed by atoms with E-state index < -0.39 is 5.97 Å². The monoisotopic (exact) mass is 265 g/mol. The minimum absolute atomic E-state index is 0.0512. The maximum absolute atomic E-state index is 12.0. The van der Waals surface area contributed by atoms with Crippen molar-refractivity contribution in [2.24, 2.45) is 7.05 Å². The first kappa shape index (κ1) is 14.9. The SMILES string of the molecule is COC(=O)CN(C(=O)/C=C/c1cnn(C)c1)C(C)C. The van der Waals surface area contributed by atoms with Crippen molar-refractivity contribution in [2.75, 3.05) is 13.7 Å². The Bertz CT molecular complexity index is 477. The molecule has 0 unspecified atom stereocenters. The first-order valence-corrected chi connectivity index (χ1v) is 5.98. The summed E-state index contributed by atoms with van der Waals surface area (Å²) in [5.74, 6) is -0.666. The smallest absolute Gasteiger partial charge is 0.325 e. The van der Waals surface area contributed by atoms with E-state index in [-0.39, 0.29) is 18.5 Å². The Morgan fingerprint density at radius 2 is 2.21 bits per heavy atom. The number of aromatic nitrogens is 2. The highest BCUT2D eigenvalue weighted by atomic mass is 16.5. The normalized spacial score (nSPS) is 11.0. The number of amides is 1. The topological polar surface area (TPSA) is 64.4 Å². The van der Waals surface area contributed by atoms with Gasteiger partial charge in [0.15, 0.2) is 0 Å². The van der Waals surface area contributed by atoms with Gasteiger partial charge < -0.3 is 9.64 Å². The molecule has 19 heavy (non-hydrogen) atoms. The molecule has 0 saturated heterocycles. The summed E-state index contributed by atoms with van der Waals surface area (Å²) in [4.78, 5) is 24.7. The molecule has 1 rings (SSSR count). The van der Waals surface area contributed by atoms with Gasteiger partial charge in [0, 0.05) is 30.9 Å². The highest BCUT2D eigenvalue weighted by Crippen LogP contribution is 2.04. The number of hydrogen-bond donors (Lipinski definition) is 0. The molecule has 0 aromatic carbocycles. The quantitative estimate of drug-likeness (QED) is 0.584. The third kappa shape index (κ3) is 4.57. The molecule has 1 aromatic heterocycles. The van der Waals surface area contributed by atoms with Crippen molar-refractivity contribution in [1.29, 1.82) is 0 Å². The second-order valence-electron chi connectivity index (χ2n) is 4.42. The third-order valence-corrected chi connectivity index (χ3v) is 2.58. The number of esters is 1. The van der Waals surface area contributed by atoms with Crippen LogP contribution >= 0.6 is 0 Å². The van der Waals surface area contributed by atoms with Crippen LogP contribution in [0.5, 0.6) is 0 Å². The fraction of sp³-hybridized carbons (Fsp3) is 0.462. The molecule has 1 amide bonds. The van der Waals surface area contributed by atoms with Gasteiger partial charge in [0.05, 0.1) is 13.3 Å². The summed E-state index contributed by atoms with van der Waals surface area (Å²) in [7, 11) is 3.10. The molecule has 0 saturated carbocycles. The molecule has 0 aliphatic rings. The van der Waals surface area contributed by atoms with E-state index in [1.165, 1.54) is 18.1 Å². The number of methoxy groups -OCH3 is 1. The molecule has 0 aliphatic carbocycles. The van der Waals surface area contributed by atoms with Crippen LogP contribution in [0.15, 0.2) is 18.5 Å². The average molecular weight is 265 g/mol. The van der Waals surface area contributed by atoms with Gasteiger partial charge >= 0.3 is 5.97 Å². The fourth-order valence-electron chi connectivity index (χ4n) is 1.51. The Balaban J connectivity index is 2.72. The minimum atomic E-state index is -0.433. The van der Waals surface area contributed by atoms with Crippen LogP contribution in [-0.2, 0) is 21.4 Å². The van der Waals surface area contributed by atoms with Crippen molar-refractivity contribution in [3.63, 3.8) is 0 Å². The second-order valence-corrected chi connectivity index (χ2v) is 4.42. The summed E-state index contributed by atoms with van der Waals surface area (Å²) in [6, 6.07) is -0.0786. The van der Waals surface area contributed by atoms with Gasteiger partial charge in [-0.05, 0) is 19.9 Å². The van der Waals surface area contributed by atoms with Crippen molar-refractivity contribution in [3.8, 4) is 0 Å². The predicted octanol–water partition coefficient (Wildman–Crippen LogP) is 0.843. The third-order valence-electron chi connectivity index (χ3n) is 2.58. The zero-order valence-corrected chi connectivity index (χ0v) is 11.7. The van der Waals surface area contributed by atoms with Gasteiger partial charge in [-0.1, -0.05) is 0 Å². The molecule has 0 bridgehead atoms. The molecule has 0 fully saturated rings. The zero-order chi connectivity index (χ0) is 14.4. The molecule has 1 aromatic rings. The van der Waals surface area contributed by atoms with E-state index in [1.807, 2.05) is 13.8 Å². The van der Waals surface area contributed by atoms with Crippen molar-refractivity contribution in [2.45, 2.75) is 19.9 Å². The van der Waals surface area contributed by atoms with Crippen LogP contribution in [-0.4, -0.2) is 46.3 Å². The maximum Gasteiger partial charge on any atom is 0.325 e. The first-order valence-electron chi connectivity index (χ1n) is 5.98. The molecule has 6 nitrogen and oxygen atoms in total. The van der Waals surface area contributed by atoms with E-state index in [0.717, 1.165) is 5.56 Å². The summed E-state index contributed by atoms with van der Waals surface area (Å²) < 4.78 is 6.23. The number of aryl methyl sites for hydroxylation is 1. The Kier molecular flexibility index (Phi) is 5.29. The summed E-state index contributed by atoms with van der Waals surface area (Å²) in [5, 5.41) is 4.00. The second kappa shape index (κ2) is 6.72. The van der Waals surface area contributed by atoms with E-state index >= 15 is 0 Å². The number of nitrogens with zero attached hydrogens (tertiary/aromatic N) is 3. The lowest BCUT2D eigenvalue weighted by molar-refractivity contribution is -0.146. The van der Waals surface area contributed by atoms with Gasteiger partial charge in [-0.3, -0.25) is 14.3 Å². The molecular weight excluding hydrogens is 246 g/mol. The largest absolute Gasteiger partial charge is 0.468 e. The number of carbonyl (C=O) groups is 2. The molecule has 1 heterocycles. The number of rotatable bonds is 5. The summed E-state index contributed by atoms with van der Waals surface area (Å²) >= 11 is 0. The van der Waals surface area contributed by atoms with Crippen molar-refractivity contribution in [1.82, 2.24) is 14.7 Å². The van der Waals surface area contributed by atoms with Crippen molar-refractivity contribution in [3.05, 3.63) is 24.0 Å². The fourth-order valence-corrected chi connectivity index (χ4v) is 1.51. The standard InChI is InChI=1S/C13H19N3O3/c1-10(2)16(9-13(18)19-4)12(17)6-5-11-7-14-15(3)8-11/h5-8,10H,9H2,1-4H3/b6-5+. The molecule has 0 spiro atoms. The number of carbonyl (C=O) groups excluding carboxylic acids is 2. The van der Waals surface area contributed by atoms with Crippen LogP contribution < -0.4 is 0 Å². The lowest BCUT2D eigenvalue weighted by Gasteiger charge is -2.23. The van der Waals surface area contributed by atoms with Crippen molar-refractivity contribution >= 4 is 18.0 Å². The summed E-state index contributed by atoms with van der Waals surface area (Å²) in [6.45, 7) is 3.64. The molecule has 0 aliphatic heterocycles. The Morgan fingerprint density at radius 1 is 1.53 bits per heavy atom. The lowest BCUT2D eigenvalue weighted by atomic mass is 10.2. The first-order chi connectivity index (χ1) is 8.93. The molecule has 6 heteroatoms. The van der Waals surface area contributed by atoms with E-state index in [0.29, 0.717) is 0 Å². The molecular formula is C13H19N3O3. The summed E-state index contributed by atoms with van der Waals surface area (Å²) in [5.41, 5.74) is 0.831. The molecule has 0 radical (unpaired) electrons. The van der Waals surface area contributed by atoms with E-state index in [1.54, 1.807) is 30.2 Å². The Labute approximate surface area is 112 Å². The van der Waals surface area contributed by atoms with Gasteiger partial charge in [-0.15, -0.1) is 0 Å². The summed E-state index contributed by atoms with van der Waals surface area (Å²) in [6.07, 6.45) is 6.55. The minimum Gasteiger partial charge on any atom is -0.468 e. The molecule has 0 atom stereocenters.